The summed E-state index contributed by atoms with van der Waals surface area (Å²) in [4.78, 5) is 8.03. The van der Waals surface area contributed by atoms with Crippen LogP contribution in [0.1, 0.15) is 18.2 Å². The summed E-state index contributed by atoms with van der Waals surface area (Å²) in [6.45, 7) is 2.16. The SMILES string of the molecule is C[C@H](N)Cc1oc2c(NCc3ccncc3F)cc(Cl)nc2c1Br. The van der Waals surface area contributed by atoms with Gasteiger partial charge >= 0.3 is 0 Å². The van der Waals surface area contributed by atoms with Gasteiger partial charge in [0.15, 0.2) is 5.58 Å². The van der Waals surface area contributed by atoms with E-state index in [2.05, 4.69) is 31.2 Å². The second kappa shape index (κ2) is 7.04. The number of hydrogen-bond acceptors (Lipinski definition) is 5. The van der Waals surface area contributed by atoms with Crippen molar-refractivity contribution in [1.82, 2.24) is 9.97 Å². The van der Waals surface area contributed by atoms with Gasteiger partial charge in [0.1, 0.15) is 22.2 Å². The van der Waals surface area contributed by atoms with Crippen LogP contribution in [0.5, 0.6) is 0 Å². The Morgan fingerprint density at radius 2 is 2.29 bits per heavy atom. The largest absolute Gasteiger partial charge is 0.456 e. The zero-order valence-electron chi connectivity index (χ0n) is 12.8. The van der Waals surface area contributed by atoms with E-state index in [0.717, 1.165) is 4.47 Å². The van der Waals surface area contributed by atoms with Gasteiger partial charge in [0, 0.05) is 36.8 Å². The summed E-state index contributed by atoms with van der Waals surface area (Å²) in [7, 11) is 0. The molecule has 0 fully saturated rings. The van der Waals surface area contributed by atoms with E-state index < -0.39 is 0 Å². The lowest BCUT2D eigenvalue weighted by molar-refractivity contribution is 0.523. The number of nitrogens with zero attached hydrogens (tertiary/aromatic N) is 2. The highest BCUT2D eigenvalue weighted by atomic mass is 79.9. The van der Waals surface area contributed by atoms with Gasteiger partial charge in [-0.3, -0.25) is 4.98 Å². The van der Waals surface area contributed by atoms with Crippen molar-refractivity contribution < 1.29 is 8.81 Å². The molecule has 0 saturated carbocycles. The number of fused-ring (bicyclic) bond motifs is 1. The van der Waals surface area contributed by atoms with E-state index in [1.807, 2.05) is 6.92 Å². The zero-order valence-corrected chi connectivity index (χ0v) is 15.2. The molecule has 126 valence electrons. The molecule has 0 radical (unpaired) electrons. The molecule has 3 aromatic rings. The summed E-state index contributed by atoms with van der Waals surface area (Å²) in [5.74, 6) is 0.326. The molecule has 3 aromatic heterocycles. The van der Waals surface area contributed by atoms with E-state index in [1.54, 1.807) is 18.3 Å². The van der Waals surface area contributed by atoms with Gasteiger partial charge in [0.2, 0.25) is 0 Å². The molecule has 0 aliphatic heterocycles. The second-order valence-electron chi connectivity index (χ2n) is 5.51. The minimum absolute atomic E-state index is 0.0559. The molecule has 3 heterocycles. The smallest absolute Gasteiger partial charge is 0.177 e. The van der Waals surface area contributed by atoms with Crippen LogP contribution in [0.25, 0.3) is 11.1 Å². The first-order valence-corrected chi connectivity index (χ1v) is 8.48. The number of rotatable bonds is 5. The number of nitrogens with one attached hydrogen (secondary N) is 1. The maximum absolute atomic E-state index is 13.7. The molecule has 3 N–H and O–H groups in total. The third-order valence-corrected chi connectivity index (χ3v) is 4.46. The Bertz CT molecular complexity index is 884. The van der Waals surface area contributed by atoms with Crippen LogP contribution in [0.4, 0.5) is 10.1 Å². The third kappa shape index (κ3) is 3.53. The fourth-order valence-electron chi connectivity index (χ4n) is 2.35. The van der Waals surface area contributed by atoms with E-state index >= 15 is 0 Å². The van der Waals surface area contributed by atoms with E-state index in [4.69, 9.17) is 21.8 Å². The van der Waals surface area contributed by atoms with Gasteiger partial charge in [-0.25, -0.2) is 9.37 Å². The lowest BCUT2D eigenvalue weighted by atomic mass is 10.2. The second-order valence-corrected chi connectivity index (χ2v) is 6.69. The van der Waals surface area contributed by atoms with Gasteiger partial charge in [-0.15, -0.1) is 0 Å². The molecule has 0 unspecified atom stereocenters. The predicted molar refractivity (Wildman–Crippen MR) is 95.6 cm³/mol. The molecule has 24 heavy (non-hydrogen) atoms. The maximum atomic E-state index is 13.7. The first kappa shape index (κ1) is 17.1. The Balaban J connectivity index is 1.96. The molecular weight excluding hydrogens is 399 g/mol. The molecule has 0 saturated heterocycles. The van der Waals surface area contributed by atoms with Crippen molar-refractivity contribution in [1.29, 1.82) is 0 Å². The predicted octanol–water partition coefficient (Wildman–Crippen LogP) is 4.28. The monoisotopic (exact) mass is 412 g/mol. The van der Waals surface area contributed by atoms with Crippen LogP contribution < -0.4 is 11.1 Å². The molecular formula is C16H15BrClFN4O. The quantitative estimate of drug-likeness (QED) is 0.611. The van der Waals surface area contributed by atoms with Gasteiger partial charge in [-0.2, -0.15) is 0 Å². The van der Waals surface area contributed by atoms with E-state index in [1.165, 1.54) is 6.20 Å². The molecule has 0 spiro atoms. The van der Waals surface area contributed by atoms with Crippen molar-refractivity contribution in [2.45, 2.75) is 25.9 Å². The fraction of sp³-hybridized carbons (Fsp3) is 0.250. The number of hydrogen-bond donors (Lipinski definition) is 2. The number of furan rings is 1. The van der Waals surface area contributed by atoms with E-state index in [0.29, 0.717) is 39.7 Å². The third-order valence-electron chi connectivity index (χ3n) is 3.45. The van der Waals surface area contributed by atoms with Crippen LogP contribution in [-0.4, -0.2) is 16.0 Å². The number of halogens is 3. The summed E-state index contributed by atoms with van der Waals surface area (Å²) in [5, 5.41) is 3.46. The molecule has 8 heteroatoms. The minimum atomic E-state index is -0.375. The lowest BCUT2D eigenvalue weighted by Crippen LogP contribution is -2.17. The van der Waals surface area contributed by atoms with Gasteiger partial charge in [0.05, 0.1) is 16.4 Å². The number of nitrogens with two attached hydrogens (primary N) is 1. The Kier molecular flexibility index (Phi) is 5.03. The van der Waals surface area contributed by atoms with Crippen LogP contribution in [-0.2, 0) is 13.0 Å². The number of aromatic nitrogens is 2. The topological polar surface area (TPSA) is 77.0 Å². The molecule has 0 aliphatic carbocycles. The Labute approximate surface area is 151 Å². The average molecular weight is 414 g/mol. The number of pyridine rings is 2. The average Bonchev–Trinajstić information content (AvgIpc) is 2.82. The molecule has 0 bridgehead atoms. The highest BCUT2D eigenvalue weighted by Crippen LogP contribution is 2.36. The Morgan fingerprint density at radius 1 is 1.50 bits per heavy atom. The van der Waals surface area contributed by atoms with Crippen molar-refractivity contribution in [3.8, 4) is 0 Å². The van der Waals surface area contributed by atoms with Gasteiger partial charge in [0.25, 0.3) is 0 Å². The van der Waals surface area contributed by atoms with E-state index in [9.17, 15) is 4.39 Å². The molecule has 1 atom stereocenters. The molecule has 3 rings (SSSR count). The zero-order chi connectivity index (χ0) is 17.3. The summed E-state index contributed by atoms with van der Waals surface area (Å²) in [5.41, 5.74) is 8.13. The van der Waals surface area contributed by atoms with Crippen LogP contribution >= 0.6 is 27.5 Å². The normalized spacial score (nSPS) is 12.5. The van der Waals surface area contributed by atoms with Gasteiger partial charge in [-0.05, 0) is 28.9 Å². The van der Waals surface area contributed by atoms with Crippen molar-refractivity contribution in [2.24, 2.45) is 5.73 Å². The molecule has 0 amide bonds. The standard InChI is InChI=1S/C16H15BrClFN4O/c1-8(20)4-12-14(17)15-16(24-12)11(5-13(18)23-15)22-6-9-2-3-21-7-10(9)19/h2-3,5,7-8H,4,6,20H2,1H3,(H,22,23)/t8-/m0/s1. The maximum Gasteiger partial charge on any atom is 0.177 e. The molecule has 5 nitrogen and oxygen atoms in total. The Morgan fingerprint density at radius 3 is 3.00 bits per heavy atom. The lowest BCUT2D eigenvalue weighted by Gasteiger charge is -2.08. The summed E-state index contributed by atoms with van der Waals surface area (Å²) in [6.07, 6.45) is 3.28. The Hall–Kier alpha value is -1.70. The van der Waals surface area contributed by atoms with Gasteiger partial charge < -0.3 is 15.5 Å². The first-order chi connectivity index (χ1) is 11.5. The molecule has 0 aliphatic rings. The summed E-state index contributed by atoms with van der Waals surface area (Å²) >= 11 is 9.59. The van der Waals surface area contributed by atoms with Crippen molar-refractivity contribution in [3.63, 3.8) is 0 Å². The van der Waals surface area contributed by atoms with E-state index in [-0.39, 0.29) is 18.4 Å². The highest BCUT2D eigenvalue weighted by molar-refractivity contribution is 9.10. The van der Waals surface area contributed by atoms with Crippen LogP contribution in [0.15, 0.2) is 33.4 Å². The van der Waals surface area contributed by atoms with Crippen LogP contribution in [0, 0.1) is 5.82 Å². The van der Waals surface area contributed by atoms with Crippen LogP contribution in [0.3, 0.4) is 0 Å². The summed E-state index contributed by atoms with van der Waals surface area (Å²) < 4.78 is 20.3. The fourth-order valence-corrected chi connectivity index (χ4v) is 3.05. The minimum Gasteiger partial charge on any atom is -0.456 e. The van der Waals surface area contributed by atoms with Gasteiger partial charge in [-0.1, -0.05) is 11.6 Å². The first-order valence-electron chi connectivity index (χ1n) is 7.31. The summed E-state index contributed by atoms with van der Waals surface area (Å²) in [6, 6.07) is 3.20. The van der Waals surface area contributed by atoms with Crippen molar-refractivity contribution in [3.05, 3.63) is 51.3 Å². The number of anilines is 1. The van der Waals surface area contributed by atoms with Crippen LogP contribution in [0.2, 0.25) is 5.15 Å². The van der Waals surface area contributed by atoms with Crippen molar-refractivity contribution in [2.75, 3.05) is 5.32 Å². The highest BCUT2D eigenvalue weighted by Gasteiger charge is 2.18. The molecule has 0 aromatic carbocycles. The van der Waals surface area contributed by atoms with Crippen molar-refractivity contribution >= 4 is 44.3 Å².